The first-order valence-electron chi connectivity index (χ1n) is 5.90. The van der Waals surface area contributed by atoms with Crippen LogP contribution in [0.2, 0.25) is 0 Å². The van der Waals surface area contributed by atoms with Crippen molar-refractivity contribution in [3.05, 3.63) is 15.6 Å². The van der Waals surface area contributed by atoms with Crippen LogP contribution in [0, 0.1) is 6.92 Å². The van der Waals surface area contributed by atoms with Crippen LogP contribution in [0.15, 0.2) is 0 Å². The largest absolute Gasteiger partial charge is 0.477 e. The maximum Gasteiger partial charge on any atom is 0.347 e. The number of carboxylic acid groups (broad SMARTS) is 1. The van der Waals surface area contributed by atoms with Gasteiger partial charge in [-0.1, -0.05) is 0 Å². The summed E-state index contributed by atoms with van der Waals surface area (Å²) in [5, 5.41) is 17.8. The zero-order valence-corrected chi connectivity index (χ0v) is 11.8. The predicted molar refractivity (Wildman–Crippen MR) is 72.6 cm³/mol. The number of thiazole rings is 1. The Morgan fingerprint density at radius 2 is 2.05 bits per heavy atom. The number of carbonyl (C=O) groups excluding carboxylic acids is 1. The molecule has 2 amide bonds. The molecule has 0 radical (unpaired) electrons. The molecule has 8 heteroatoms. The molecule has 0 aliphatic rings. The van der Waals surface area contributed by atoms with Crippen molar-refractivity contribution < 1.29 is 14.7 Å². The lowest BCUT2D eigenvalue weighted by molar-refractivity contribution is 0.0701. The van der Waals surface area contributed by atoms with Crippen molar-refractivity contribution in [2.24, 2.45) is 0 Å². The Kier molecular flexibility index (Phi) is 6.23. The predicted octanol–water partition coefficient (Wildman–Crippen LogP) is 0.558. The molecule has 106 valence electrons. The average Bonchev–Trinajstić information content (AvgIpc) is 2.74. The quantitative estimate of drug-likeness (QED) is 0.548. The summed E-state index contributed by atoms with van der Waals surface area (Å²) >= 11 is 1.08. The van der Waals surface area contributed by atoms with E-state index in [1.807, 2.05) is 7.05 Å². The second kappa shape index (κ2) is 7.70. The van der Waals surface area contributed by atoms with Gasteiger partial charge in [-0.05, 0) is 26.9 Å². The molecule has 7 nitrogen and oxygen atoms in total. The highest BCUT2D eigenvalue weighted by molar-refractivity contribution is 7.13. The number of aromatic carboxylic acids is 1. The number of nitrogens with zero attached hydrogens (tertiary/aromatic N) is 1. The molecular weight excluding hydrogens is 268 g/mol. The first-order chi connectivity index (χ1) is 9.04. The van der Waals surface area contributed by atoms with Crippen LogP contribution in [0.1, 0.15) is 26.8 Å². The second-order valence-corrected chi connectivity index (χ2v) is 4.98. The van der Waals surface area contributed by atoms with Gasteiger partial charge in [-0.3, -0.25) is 0 Å². The Morgan fingerprint density at radius 3 is 2.63 bits per heavy atom. The average molecular weight is 286 g/mol. The fourth-order valence-electron chi connectivity index (χ4n) is 1.41. The van der Waals surface area contributed by atoms with Gasteiger partial charge in [0.1, 0.15) is 9.88 Å². The molecule has 0 aliphatic heterocycles. The van der Waals surface area contributed by atoms with Crippen LogP contribution < -0.4 is 16.0 Å². The third-order valence-corrected chi connectivity index (χ3v) is 3.47. The van der Waals surface area contributed by atoms with Gasteiger partial charge >= 0.3 is 12.0 Å². The van der Waals surface area contributed by atoms with Crippen LogP contribution in [0.4, 0.5) is 4.79 Å². The van der Waals surface area contributed by atoms with E-state index in [2.05, 4.69) is 20.9 Å². The molecule has 0 atom stereocenters. The van der Waals surface area contributed by atoms with Crippen molar-refractivity contribution >= 4 is 23.3 Å². The number of aromatic nitrogens is 1. The maximum atomic E-state index is 11.4. The first-order valence-corrected chi connectivity index (χ1v) is 6.72. The van der Waals surface area contributed by atoms with Crippen molar-refractivity contribution in [3.8, 4) is 0 Å². The molecule has 4 N–H and O–H groups in total. The van der Waals surface area contributed by atoms with E-state index in [9.17, 15) is 9.59 Å². The number of hydrogen-bond acceptors (Lipinski definition) is 5. The van der Waals surface area contributed by atoms with Crippen molar-refractivity contribution in [3.63, 3.8) is 0 Å². The first kappa shape index (κ1) is 15.4. The molecular formula is C11H18N4O3S. The smallest absolute Gasteiger partial charge is 0.347 e. The molecule has 1 rings (SSSR count). The van der Waals surface area contributed by atoms with Crippen molar-refractivity contribution in [2.75, 3.05) is 20.1 Å². The minimum Gasteiger partial charge on any atom is -0.477 e. The second-order valence-electron chi connectivity index (χ2n) is 3.89. The molecule has 1 aromatic heterocycles. The molecule has 0 saturated carbocycles. The fraction of sp³-hybridized carbons (Fsp3) is 0.545. The van der Waals surface area contributed by atoms with Crippen LogP contribution >= 0.6 is 11.3 Å². The third kappa shape index (κ3) is 5.23. The van der Waals surface area contributed by atoms with Gasteiger partial charge in [0, 0.05) is 6.54 Å². The topological polar surface area (TPSA) is 103 Å². The minimum atomic E-state index is -0.988. The van der Waals surface area contributed by atoms with E-state index < -0.39 is 5.97 Å². The molecule has 0 bridgehead atoms. The number of rotatable bonds is 7. The molecule has 0 unspecified atom stereocenters. The van der Waals surface area contributed by atoms with Gasteiger partial charge in [0.15, 0.2) is 0 Å². The lowest BCUT2D eigenvalue weighted by atomic mass is 10.4. The van der Waals surface area contributed by atoms with Gasteiger partial charge in [0.05, 0.1) is 12.2 Å². The Balaban J connectivity index is 2.34. The molecule has 1 heterocycles. The van der Waals surface area contributed by atoms with E-state index in [4.69, 9.17) is 5.11 Å². The van der Waals surface area contributed by atoms with E-state index in [0.717, 1.165) is 24.3 Å². The van der Waals surface area contributed by atoms with Crippen molar-refractivity contribution in [1.29, 1.82) is 0 Å². The summed E-state index contributed by atoms with van der Waals surface area (Å²) in [6.07, 6.45) is 0.851. The van der Waals surface area contributed by atoms with Gasteiger partial charge in [0.2, 0.25) is 0 Å². The molecule has 1 aromatic rings. The van der Waals surface area contributed by atoms with Crippen LogP contribution in [0.5, 0.6) is 0 Å². The lowest BCUT2D eigenvalue weighted by Crippen LogP contribution is -2.36. The Bertz CT molecular complexity index is 447. The van der Waals surface area contributed by atoms with Crippen LogP contribution in [0.3, 0.4) is 0 Å². The summed E-state index contributed by atoms with van der Waals surface area (Å²) < 4.78 is 0. The zero-order valence-electron chi connectivity index (χ0n) is 10.9. The highest BCUT2D eigenvalue weighted by atomic mass is 32.1. The van der Waals surface area contributed by atoms with Gasteiger partial charge in [-0.25, -0.2) is 14.6 Å². The summed E-state index contributed by atoms with van der Waals surface area (Å²) in [6.45, 7) is 3.30. The highest BCUT2D eigenvalue weighted by Crippen LogP contribution is 2.17. The summed E-state index contributed by atoms with van der Waals surface area (Å²) in [6, 6.07) is -0.277. The molecule has 19 heavy (non-hydrogen) atoms. The van der Waals surface area contributed by atoms with E-state index in [1.54, 1.807) is 6.92 Å². The van der Waals surface area contributed by atoms with Crippen molar-refractivity contribution in [1.82, 2.24) is 20.9 Å². The number of amides is 2. The molecule has 0 spiro atoms. The van der Waals surface area contributed by atoms with Gasteiger partial charge < -0.3 is 21.1 Å². The number of carbonyl (C=O) groups is 2. The summed E-state index contributed by atoms with van der Waals surface area (Å²) in [5.41, 5.74) is 0.476. The van der Waals surface area contributed by atoms with Crippen LogP contribution in [-0.2, 0) is 6.54 Å². The van der Waals surface area contributed by atoms with E-state index >= 15 is 0 Å². The Morgan fingerprint density at radius 1 is 1.32 bits per heavy atom. The lowest BCUT2D eigenvalue weighted by Gasteiger charge is -2.05. The number of aryl methyl sites for hydroxylation is 1. The van der Waals surface area contributed by atoms with E-state index in [-0.39, 0.29) is 17.5 Å². The monoisotopic (exact) mass is 286 g/mol. The van der Waals surface area contributed by atoms with Gasteiger partial charge in [0.25, 0.3) is 0 Å². The maximum absolute atomic E-state index is 11.4. The number of carboxylic acids is 1. The molecule has 0 saturated heterocycles. The molecule has 0 aromatic carbocycles. The Labute approximate surface area is 115 Å². The number of hydrogen-bond donors (Lipinski definition) is 4. The van der Waals surface area contributed by atoms with Gasteiger partial charge in [-0.15, -0.1) is 11.3 Å². The number of urea groups is 1. The summed E-state index contributed by atoms with van der Waals surface area (Å²) in [5.74, 6) is -0.988. The summed E-state index contributed by atoms with van der Waals surface area (Å²) in [7, 11) is 1.85. The normalized spacial score (nSPS) is 10.2. The van der Waals surface area contributed by atoms with Crippen LogP contribution in [0.25, 0.3) is 0 Å². The van der Waals surface area contributed by atoms with E-state index in [0.29, 0.717) is 17.2 Å². The fourth-order valence-corrected chi connectivity index (χ4v) is 2.26. The van der Waals surface area contributed by atoms with Crippen molar-refractivity contribution in [2.45, 2.75) is 19.9 Å². The highest BCUT2D eigenvalue weighted by Gasteiger charge is 2.14. The zero-order chi connectivity index (χ0) is 14.3. The number of nitrogens with one attached hydrogen (secondary N) is 3. The summed E-state index contributed by atoms with van der Waals surface area (Å²) in [4.78, 5) is 26.6. The molecule has 0 aliphatic carbocycles. The SMILES string of the molecule is CNCCCNC(=O)NCc1nc(C)c(C(=O)O)s1. The van der Waals surface area contributed by atoms with Gasteiger partial charge in [-0.2, -0.15) is 0 Å². The Hall–Kier alpha value is -1.67. The minimum absolute atomic E-state index is 0.214. The van der Waals surface area contributed by atoms with E-state index in [1.165, 1.54) is 0 Å². The standard InChI is InChI=1S/C11H18N4O3S/c1-7-9(10(16)17)19-8(15-7)6-14-11(18)13-5-3-4-12-2/h12H,3-6H2,1-2H3,(H,16,17)(H2,13,14,18). The third-order valence-electron chi connectivity index (χ3n) is 2.32. The molecule has 0 fully saturated rings. The van der Waals surface area contributed by atoms with Crippen LogP contribution in [-0.4, -0.2) is 42.2 Å².